The van der Waals surface area contributed by atoms with Gasteiger partial charge in [0.25, 0.3) is 0 Å². The van der Waals surface area contributed by atoms with Crippen LogP contribution in [0.1, 0.15) is 6.42 Å². The van der Waals surface area contributed by atoms with E-state index in [1.54, 1.807) is 0 Å². The van der Waals surface area contributed by atoms with E-state index < -0.39 is 24.6 Å². The zero-order chi connectivity index (χ0) is 8.43. The molecule has 0 amide bonds. The van der Waals surface area contributed by atoms with Gasteiger partial charge in [0.1, 0.15) is 12.2 Å². The van der Waals surface area contributed by atoms with Crippen LogP contribution in [0.3, 0.4) is 0 Å². The standard InChI is InChI=1S/C6H12O5/c7-2-5-3(8)1-4(9)6(10)11-5/h3-10H,1-2H2/t3-,4-,5+,6-/m0/s1. The molecule has 66 valence electrons. The topological polar surface area (TPSA) is 90.2 Å². The van der Waals surface area contributed by atoms with Gasteiger partial charge in [-0.1, -0.05) is 0 Å². The Bertz CT molecular complexity index is 128. The summed E-state index contributed by atoms with van der Waals surface area (Å²) in [6.45, 7) is -0.356. The number of aliphatic hydroxyl groups is 4. The fraction of sp³-hybridized carbons (Fsp3) is 1.00. The molecular weight excluding hydrogens is 152 g/mol. The maximum atomic E-state index is 9.10. The van der Waals surface area contributed by atoms with Gasteiger partial charge in [-0.2, -0.15) is 0 Å². The average molecular weight is 164 g/mol. The highest BCUT2D eigenvalue weighted by Gasteiger charge is 2.34. The van der Waals surface area contributed by atoms with Gasteiger partial charge in [0.15, 0.2) is 6.29 Å². The van der Waals surface area contributed by atoms with E-state index in [1.807, 2.05) is 0 Å². The summed E-state index contributed by atoms with van der Waals surface area (Å²) in [6.07, 6.45) is -4.01. The van der Waals surface area contributed by atoms with Crippen LogP contribution in [-0.2, 0) is 4.74 Å². The molecule has 0 spiro atoms. The molecular formula is C6H12O5. The van der Waals surface area contributed by atoms with Crippen molar-refractivity contribution in [3.05, 3.63) is 0 Å². The molecule has 1 rings (SSSR count). The van der Waals surface area contributed by atoms with Crippen molar-refractivity contribution in [2.75, 3.05) is 6.61 Å². The van der Waals surface area contributed by atoms with Gasteiger partial charge >= 0.3 is 0 Å². The summed E-state index contributed by atoms with van der Waals surface area (Å²) in [5, 5.41) is 35.5. The maximum Gasteiger partial charge on any atom is 0.181 e. The van der Waals surface area contributed by atoms with E-state index in [0.29, 0.717) is 0 Å². The van der Waals surface area contributed by atoms with Gasteiger partial charge in [-0.25, -0.2) is 0 Å². The molecule has 0 aromatic rings. The third kappa shape index (κ3) is 1.88. The predicted octanol–water partition coefficient (Wildman–Crippen LogP) is -2.19. The van der Waals surface area contributed by atoms with Crippen molar-refractivity contribution in [1.82, 2.24) is 0 Å². The lowest BCUT2D eigenvalue weighted by Gasteiger charge is -2.33. The Morgan fingerprint density at radius 1 is 1.18 bits per heavy atom. The molecule has 0 aromatic heterocycles. The Balaban J connectivity index is 2.48. The first kappa shape index (κ1) is 8.89. The predicted molar refractivity (Wildman–Crippen MR) is 34.6 cm³/mol. The first-order valence-corrected chi connectivity index (χ1v) is 3.45. The fourth-order valence-electron chi connectivity index (χ4n) is 1.04. The largest absolute Gasteiger partial charge is 0.394 e. The van der Waals surface area contributed by atoms with Crippen LogP contribution in [0.15, 0.2) is 0 Å². The fourth-order valence-corrected chi connectivity index (χ4v) is 1.04. The SMILES string of the molecule is OC[C@H]1O[C@H](O)[C@@H](O)C[C@@H]1O. The number of rotatable bonds is 1. The van der Waals surface area contributed by atoms with Crippen molar-refractivity contribution in [1.29, 1.82) is 0 Å². The maximum absolute atomic E-state index is 9.10. The van der Waals surface area contributed by atoms with Gasteiger partial charge in [-0.3, -0.25) is 0 Å². The molecule has 0 unspecified atom stereocenters. The van der Waals surface area contributed by atoms with Crippen LogP contribution in [0.4, 0.5) is 0 Å². The van der Waals surface area contributed by atoms with E-state index >= 15 is 0 Å². The highest BCUT2D eigenvalue weighted by molar-refractivity contribution is 4.79. The van der Waals surface area contributed by atoms with E-state index in [9.17, 15) is 0 Å². The monoisotopic (exact) mass is 164 g/mol. The van der Waals surface area contributed by atoms with Gasteiger partial charge in [0, 0.05) is 6.42 Å². The number of hydrogen-bond acceptors (Lipinski definition) is 5. The van der Waals surface area contributed by atoms with Gasteiger partial charge in [-0.05, 0) is 0 Å². The molecule has 4 atom stereocenters. The second-order valence-electron chi connectivity index (χ2n) is 2.62. The van der Waals surface area contributed by atoms with Crippen LogP contribution in [0.5, 0.6) is 0 Å². The Morgan fingerprint density at radius 3 is 2.36 bits per heavy atom. The first-order valence-electron chi connectivity index (χ1n) is 3.45. The van der Waals surface area contributed by atoms with Gasteiger partial charge < -0.3 is 25.2 Å². The van der Waals surface area contributed by atoms with Crippen molar-refractivity contribution < 1.29 is 25.2 Å². The van der Waals surface area contributed by atoms with E-state index in [2.05, 4.69) is 4.74 Å². The second-order valence-corrected chi connectivity index (χ2v) is 2.62. The molecule has 1 heterocycles. The number of aliphatic hydroxyl groups excluding tert-OH is 4. The zero-order valence-electron chi connectivity index (χ0n) is 5.92. The first-order chi connectivity index (χ1) is 5.15. The smallest absolute Gasteiger partial charge is 0.181 e. The lowest BCUT2D eigenvalue weighted by molar-refractivity contribution is -0.251. The molecule has 1 fully saturated rings. The van der Waals surface area contributed by atoms with Crippen LogP contribution in [0.25, 0.3) is 0 Å². The van der Waals surface area contributed by atoms with Gasteiger partial charge in [0.05, 0.1) is 12.7 Å². The Labute approximate surface area is 63.8 Å². The zero-order valence-corrected chi connectivity index (χ0v) is 5.92. The molecule has 11 heavy (non-hydrogen) atoms. The Hall–Kier alpha value is -0.200. The quantitative estimate of drug-likeness (QED) is 0.353. The number of hydrogen-bond donors (Lipinski definition) is 4. The molecule has 0 saturated carbocycles. The molecule has 0 bridgehead atoms. The van der Waals surface area contributed by atoms with E-state index in [-0.39, 0.29) is 13.0 Å². The second kappa shape index (κ2) is 3.46. The third-order valence-electron chi connectivity index (χ3n) is 1.74. The van der Waals surface area contributed by atoms with Gasteiger partial charge in [-0.15, -0.1) is 0 Å². The molecule has 1 aliphatic heterocycles. The minimum atomic E-state index is -1.30. The summed E-state index contributed by atoms with van der Waals surface area (Å²) in [5.74, 6) is 0. The summed E-state index contributed by atoms with van der Waals surface area (Å²) in [7, 11) is 0. The van der Waals surface area contributed by atoms with Crippen molar-refractivity contribution >= 4 is 0 Å². The van der Waals surface area contributed by atoms with E-state index in [0.717, 1.165) is 0 Å². The lowest BCUT2D eigenvalue weighted by atomic mass is 10.0. The van der Waals surface area contributed by atoms with Crippen molar-refractivity contribution in [3.8, 4) is 0 Å². The molecule has 5 nitrogen and oxygen atoms in total. The van der Waals surface area contributed by atoms with Crippen molar-refractivity contribution in [2.45, 2.75) is 31.0 Å². The van der Waals surface area contributed by atoms with Crippen LogP contribution in [0.2, 0.25) is 0 Å². The van der Waals surface area contributed by atoms with Gasteiger partial charge in [0.2, 0.25) is 0 Å². The lowest BCUT2D eigenvalue weighted by Crippen LogP contribution is -2.48. The highest BCUT2D eigenvalue weighted by atomic mass is 16.6. The molecule has 0 radical (unpaired) electrons. The average Bonchev–Trinajstić information content (AvgIpc) is 1.97. The van der Waals surface area contributed by atoms with Crippen LogP contribution >= 0.6 is 0 Å². The van der Waals surface area contributed by atoms with Crippen LogP contribution in [-0.4, -0.2) is 51.6 Å². The van der Waals surface area contributed by atoms with Crippen LogP contribution < -0.4 is 0 Å². The molecule has 1 aliphatic rings. The van der Waals surface area contributed by atoms with E-state index in [4.69, 9.17) is 20.4 Å². The minimum Gasteiger partial charge on any atom is -0.394 e. The molecule has 5 heteroatoms. The highest BCUT2D eigenvalue weighted by Crippen LogP contribution is 2.18. The third-order valence-corrected chi connectivity index (χ3v) is 1.74. The Kier molecular flexibility index (Phi) is 2.80. The molecule has 1 saturated heterocycles. The van der Waals surface area contributed by atoms with E-state index in [1.165, 1.54) is 0 Å². The van der Waals surface area contributed by atoms with Crippen molar-refractivity contribution in [3.63, 3.8) is 0 Å². The van der Waals surface area contributed by atoms with Crippen LogP contribution in [0, 0.1) is 0 Å². The molecule has 0 aliphatic carbocycles. The Morgan fingerprint density at radius 2 is 1.82 bits per heavy atom. The summed E-state index contributed by atoms with van der Waals surface area (Å²) in [5.41, 5.74) is 0. The van der Waals surface area contributed by atoms with Crippen molar-refractivity contribution in [2.24, 2.45) is 0 Å². The summed E-state index contributed by atoms with van der Waals surface area (Å²) in [6, 6.07) is 0. The minimum absolute atomic E-state index is 0.0341. The summed E-state index contributed by atoms with van der Waals surface area (Å²) >= 11 is 0. The normalized spacial score (nSPS) is 45.8. The molecule has 0 aromatic carbocycles. The summed E-state index contributed by atoms with van der Waals surface area (Å²) in [4.78, 5) is 0. The number of ether oxygens (including phenoxy) is 1. The summed E-state index contributed by atoms with van der Waals surface area (Å²) < 4.78 is 4.67. The molecule has 4 N–H and O–H groups in total.